The fourth-order valence-corrected chi connectivity index (χ4v) is 3.31. The first-order valence-electron chi connectivity index (χ1n) is 7.79. The Kier molecular flexibility index (Phi) is 4.61. The van der Waals surface area contributed by atoms with E-state index in [0.29, 0.717) is 0 Å². The van der Waals surface area contributed by atoms with Gasteiger partial charge < -0.3 is 0 Å². The Bertz CT molecular complexity index is 693. The van der Waals surface area contributed by atoms with Crippen LogP contribution < -0.4 is 0 Å². The van der Waals surface area contributed by atoms with E-state index in [0.717, 1.165) is 5.56 Å². The molecule has 0 heterocycles. The lowest BCUT2D eigenvalue weighted by Crippen LogP contribution is -2.08. The molecule has 0 nitrogen and oxygen atoms in total. The van der Waals surface area contributed by atoms with Crippen molar-refractivity contribution in [3.8, 4) is 0 Å². The molecule has 0 saturated carbocycles. The molecule has 0 aliphatic carbocycles. The van der Waals surface area contributed by atoms with Gasteiger partial charge in [0.15, 0.2) is 0 Å². The summed E-state index contributed by atoms with van der Waals surface area (Å²) in [5.74, 6) is 0.0651. The fraction of sp³-hybridized carbons (Fsp3) is 0.400. The zero-order chi connectivity index (χ0) is 17.5. The summed E-state index contributed by atoms with van der Waals surface area (Å²) >= 11 is 0. The molecule has 0 spiro atoms. The van der Waals surface area contributed by atoms with Crippen LogP contribution in [0.25, 0.3) is 0 Å². The fourth-order valence-electron chi connectivity index (χ4n) is 3.31. The van der Waals surface area contributed by atoms with Gasteiger partial charge in [0.2, 0.25) is 0 Å². The summed E-state index contributed by atoms with van der Waals surface area (Å²) in [6.07, 6.45) is -4.29. The average molecular weight is 320 g/mol. The van der Waals surface area contributed by atoms with Crippen molar-refractivity contribution in [3.63, 3.8) is 0 Å². The van der Waals surface area contributed by atoms with Crippen molar-refractivity contribution in [3.05, 3.63) is 68.8 Å². The van der Waals surface area contributed by atoms with E-state index in [4.69, 9.17) is 0 Å². The van der Waals surface area contributed by atoms with Crippen LogP contribution in [0.2, 0.25) is 0 Å². The molecule has 0 saturated heterocycles. The Morgan fingerprint density at radius 1 is 0.696 bits per heavy atom. The normalized spacial score (nSPS) is 13.3. The third-order valence-corrected chi connectivity index (χ3v) is 5.23. The lowest BCUT2D eigenvalue weighted by molar-refractivity contribution is -0.137. The Morgan fingerprint density at radius 2 is 1.09 bits per heavy atom. The molecule has 0 amide bonds. The van der Waals surface area contributed by atoms with Gasteiger partial charge in [0, 0.05) is 5.92 Å². The van der Waals surface area contributed by atoms with E-state index in [1.807, 2.05) is 0 Å². The number of rotatable bonds is 2. The highest BCUT2D eigenvalue weighted by molar-refractivity contribution is 5.53. The SMILES string of the molecule is Cc1c(C)c(C)c(C(C)c2ccc(C(F)(F)F)cc2)c(C)c1C. The van der Waals surface area contributed by atoms with Gasteiger partial charge in [-0.05, 0) is 85.7 Å². The van der Waals surface area contributed by atoms with Crippen LogP contribution in [0.15, 0.2) is 24.3 Å². The molecule has 0 aliphatic rings. The first-order chi connectivity index (χ1) is 10.6. The van der Waals surface area contributed by atoms with Crippen LogP contribution in [0.3, 0.4) is 0 Å². The van der Waals surface area contributed by atoms with Crippen molar-refractivity contribution >= 4 is 0 Å². The van der Waals surface area contributed by atoms with E-state index in [2.05, 4.69) is 41.5 Å². The Labute approximate surface area is 136 Å². The van der Waals surface area contributed by atoms with Crippen LogP contribution in [0.5, 0.6) is 0 Å². The number of halogens is 3. The third kappa shape index (κ3) is 3.15. The molecule has 2 aromatic rings. The number of hydrogen-bond acceptors (Lipinski definition) is 0. The summed E-state index contributed by atoms with van der Waals surface area (Å²) in [5.41, 5.74) is 7.83. The molecule has 3 heteroatoms. The average Bonchev–Trinajstić information content (AvgIpc) is 2.50. The molecule has 0 aromatic heterocycles. The van der Waals surface area contributed by atoms with Gasteiger partial charge in [0.05, 0.1) is 5.56 Å². The lowest BCUT2D eigenvalue weighted by Gasteiger charge is -2.24. The van der Waals surface area contributed by atoms with Crippen molar-refractivity contribution in [2.45, 2.75) is 53.6 Å². The van der Waals surface area contributed by atoms with Crippen molar-refractivity contribution in [1.82, 2.24) is 0 Å². The highest BCUT2D eigenvalue weighted by Gasteiger charge is 2.30. The van der Waals surface area contributed by atoms with Gasteiger partial charge in [-0.1, -0.05) is 19.1 Å². The maximum absolute atomic E-state index is 12.7. The number of alkyl halides is 3. The van der Waals surface area contributed by atoms with Gasteiger partial charge in [-0.15, -0.1) is 0 Å². The molecule has 2 rings (SSSR count). The molecule has 23 heavy (non-hydrogen) atoms. The first-order valence-corrected chi connectivity index (χ1v) is 7.79. The standard InChI is InChI=1S/C20H23F3/c1-11-12(2)14(4)19(15(5)13(11)3)16(6)17-7-9-18(10-8-17)20(21,22)23/h7-10,16H,1-6H3. The van der Waals surface area contributed by atoms with E-state index in [-0.39, 0.29) is 5.92 Å². The van der Waals surface area contributed by atoms with Gasteiger partial charge in [-0.3, -0.25) is 0 Å². The molecule has 0 fully saturated rings. The Hall–Kier alpha value is -1.77. The molecule has 0 N–H and O–H groups in total. The zero-order valence-electron chi connectivity index (χ0n) is 14.5. The van der Waals surface area contributed by atoms with Gasteiger partial charge in [-0.2, -0.15) is 13.2 Å². The zero-order valence-corrected chi connectivity index (χ0v) is 14.5. The maximum Gasteiger partial charge on any atom is 0.416 e. The third-order valence-electron chi connectivity index (χ3n) is 5.23. The number of benzene rings is 2. The molecule has 1 unspecified atom stereocenters. The molecule has 124 valence electrons. The predicted octanol–water partition coefficient (Wildman–Crippen LogP) is 6.40. The van der Waals surface area contributed by atoms with Gasteiger partial charge in [0.1, 0.15) is 0 Å². The largest absolute Gasteiger partial charge is 0.416 e. The Balaban J connectivity index is 2.51. The molecule has 0 bridgehead atoms. The van der Waals surface area contributed by atoms with Crippen molar-refractivity contribution < 1.29 is 13.2 Å². The molecule has 0 radical (unpaired) electrons. The second-order valence-electron chi connectivity index (χ2n) is 6.38. The van der Waals surface area contributed by atoms with Crippen LogP contribution in [-0.2, 0) is 6.18 Å². The van der Waals surface area contributed by atoms with E-state index in [1.165, 1.54) is 45.5 Å². The topological polar surface area (TPSA) is 0 Å². The lowest BCUT2D eigenvalue weighted by atomic mass is 9.81. The van der Waals surface area contributed by atoms with Gasteiger partial charge in [-0.25, -0.2) is 0 Å². The van der Waals surface area contributed by atoms with Crippen LogP contribution in [-0.4, -0.2) is 0 Å². The van der Waals surface area contributed by atoms with E-state index >= 15 is 0 Å². The van der Waals surface area contributed by atoms with E-state index < -0.39 is 11.7 Å². The highest BCUT2D eigenvalue weighted by atomic mass is 19.4. The van der Waals surface area contributed by atoms with Gasteiger partial charge >= 0.3 is 6.18 Å². The molecule has 0 aliphatic heterocycles. The smallest absolute Gasteiger partial charge is 0.166 e. The molecular weight excluding hydrogens is 297 g/mol. The summed E-state index contributed by atoms with van der Waals surface area (Å²) in [4.78, 5) is 0. The van der Waals surface area contributed by atoms with E-state index in [9.17, 15) is 13.2 Å². The van der Waals surface area contributed by atoms with Crippen molar-refractivity contribution in [2.24, 2.45) is 0 Å². The molecule has 2 aromatic carbocycles. The van der Waals surface area contributed by atoms with Crippen LogP contribution in [0.1, 0.15) is 57.3 Å². The second-order valence-corrected chi connectivity index (χ2v) is 6.38. The molecular formula is C20H23F3. The summed E-state index contributed by atoms with van der Waals surface area (Å²) in [6.45, 7) is 12.6. The van der Waals surface area contributed by atoms with E-state index in [1.54, 1.807) is 12.1 Å². The minimum absolute atomic E-state index is 0.0651. The van der Waals surface area contributed by atoms with Crippen LogP contribution in [0.4, 0.5) is 13.2 Å². The highest BCUT2D eigenvalue weighted by Crippen LogP contribution is 2.36. The summed E-state index contributed by atoms with van der Waals surface area (Å²) < 4.78 is 38.2. The minimum atomic E-state index is -4.29. The number of hydrogen-bond donors (Lipinski definition) is 0. The van der Waals surface area contributed by atoms with Crippen LogP contribution >= 0.6 is 0 Å². The minimum Gasteiger partial charge on any atom is -0.166 e. The van der Waals surface area contributed by atoms with Crippen LogP contribution in [0, 0.1) is 34.6 Å². The second kappa shape index (κ2) is 6.03. The maximum atomic E-state index is 12.7. The van der Waals surface area contributed by atoms with Crippen molar-refractivity contribution in [2.75, 3.05) is 0 Å². The summed E-state index contributed by atoms with van der Waals surface area (Å²) in [5, 5.41) is 0. The van der Waals surface area contributed by atoms with Gasteiger partial charge in [0.25, 0.3) is 0 Å². The predicted molar refractivity (Wildman–Crippen MR) is 89.1 cm³/mol. The molecule has 1 atom stereocenters. The van der Waals surface area contributed by atoms with Crippen molar-refractivity contribution in [1.29, 1.82) is 0 Å². The monoisotopic (exact) mass is 320 g/mol. The summed E-state index contributed by atoms with van der Waals surface area (Å²) in [7, 11) is 0. The quantitative estimate of drug-likeness (QED) is 0.600. The summed E-state index contributed by atoms with van der Waals surface area (Å²) in [6, 6.07) is 5.53. The first kappa shape index (κ1) is 17.6. The Morgan fingerprint density at radius 3 is 1.48 bits per heavy atom.